The van der Waals surface area contributed by atoms with E-state index in [0.29, 0.717) is 44.0 Å². The Kier molecular flexibility index (Phi) is 6.44. The predicted octanol–water partition coefficient (Wildman–Crippen LogP) is 2.20. The van der Waals surface area contributed by atoms with Gasteiger partial charge in [0.1, 0.15) is 5.75 Å². The molecule has 8 heteroatoms. The lowest BCUT2D eigenvalue weighted by molar-refractivity contribution is -0.145. The zero-order valence-electron chi connectivity index (χ0n) is 13.6. The van der Waals surface area contributed by atoms with E-state index in [1.54, 1.807) is 31.4 Å². The van der Waals surface area contributed by atoms with Gasteiger partial charge in [0.05, 0.1) is 20.2 Å². The van der Waals surface area contributed by atoms with Gasteiger partial charge in [0.15, 0.2) is 0 Å². The van der Waals surface area contributed by atoms with Crippen LogP contribution in [0.15, 0.2) is 24.3 Å². The molecule has 0 radical (unpaired) electrons. The molecule has 1 aliphatic heterocycles. The fourth-order valence-electron chi connectivity index (χ4n) is 2.70. The first-order chi connectivity index (χ1) is 11.4. The smallest absolute Gasteiger partial charge is 0.401 e. The predicted molar refractivity (Wildman–Crippen MR) is 85.2 cm³/mol. The molecule has 0 bridgehead atoms. The second-order valence-electron chi connectivity index (χ2n) is 5.80. The van der Waals surface area contributed by atoms with E-state index in [9.17, 15) is 18.0 Å². The summed E-state index contributed by atoms with van der Waals surface area (Å²) in [5.41, 5.74) is 0.632. The molecule has 1 aromatic carbocycles. The molecule has 1 saturated heterocycles. The Morgan fingerprint density at radius 3 is 2.62 bits per heavy atom. The molecule has 1 N–H and O–H groups in total. The van der Waals surface area contributed by atoms with E-state index in [-0.39, 0.29) is 12.5 Å². The number of anilines is 1. The molecule has 134 valence electrons. The first-order valence-electron chi connectivity index (χ1n) is 7.81. The first kappa shape index (κ1) is 18.5. The Morgan fingerprint density at radius 1 is 1.21 bits per heavy atom. The molecule has 0 spiro atoms. The third kappa shape index (κ3) is 6.37. The lowest BCUT2D eigenvalue weighted by atomic mass is 10.3. The number of halogens is 3. The highest BCUT2D eigenvalue weighted by Gasteiger charge is 2.31. The zero-order chi connectivity index (χ0) is 17.6. The number of carbonyl (C=O) groups excluding carboxylic acids is 1. The van der Waals surface area contributed by atoms with Gasteiger partial charge in [-0.25, -0.2) is 0 Å². The van der Waals surface area contributed by atoms with E-state index < -0.39 is 12.7 Å². The lowest BCUT2D eigenvalue weighted by Gasteiger charge is -2.22. The molecule has 0 aliphatic carbocycles. The standard InChI is InChI=1S/C16H22F3N3O2/c1-24-14-5-2-4-13(10-14)20-15(23)11-21-6-3-7-22(9-8-21)12-16(17,18)19/h2,4-5,10H,3,6-9,11-12H2,1H3,(H,20,23). The van der Waals surface area contributed by atoms with E-state index >= 15 is 0 Å². The highest BCUT2D eigenvalue weighted by Crippen LogP contribution is 2.18. The van der Waals surface area contributed by atoms with Crippen molar-refractivity contribution in [3.63, 3.8) is 0 Å². The minimum absolute atomic E-state index is 0.164. The molecular formula is C16H22F3N3O2. The summed E-state index contributed by atoms with van der Waals surface area (Å²) in [4.78, 5) is 15.4. The number of ether oxygens (including phenoxy) is 1. The van der Waals surface area contributed by atoms with Gasteiger partial charge >= 0.3 is 6.18 Å². The molecule has 1 aromatic rings. The second-order valence-corrected chi connectivity index (χ2v) is 5.80. The molecule has 24 heavy (non-hydrogen) atoms. The molecule has 0 atom stereocenters. The van der Waals surface area contributed by atoms with Gasteiger partial charge in [-0.15, -0.1) is 0 Å². The van der Waals surface area contributed by atoms with Crippen molar-refractivity contribution in [1.29, 1.82) is 0 Å². The summed E-state index contributed by atoms with van der Waals surface area (Å²) in [6, 6.07) is 7.02. The first-order valence-corrected chi connectivity index (χ1v) is 7.81. The number of hydrogen-bond donors (Lipinski definition) is 1. The Labute approximate surface area is 139 Å². The van der Waals surface area contributed by atoms with Crippen molar-refractivity contribution in [3.05, 3.63) is 24.3 Å². The molecule has 5 nitrogen and oxygen atoms in total. The van der Waals surface area contributed by atoms with Crippen molar-refractivity contribution < 1.29 is 22.7 Å². The minimum Gasteiger partial charge on any atom is -0.497 e. The number of hydrogen-bond acceptors (Lipinski definition) is 4. The van der Waals surface area contributed by atoms with Crippen LogP contribution in [0.3, 0.4) is 0 Å². The van der Waals surface area contributed by atoms with Crippen molar-refractivity contribution in [1.82, 2.24) is 9.80 Å². The van der Waals surface area contributed by atoms with Crippen LogP contribution in [0.4, 0.5) is 18.9 Å². The fourth-order valence-corrected chi connectivity index (χ4v) is 2.70. The summed E-state index contributed by atoms with van der Waals surface area (Å²) in [7, 11) is 1.55. The average Bonchev–Trinajstić information content (AvgIpc) is 2.71. The number of amides is 1. The van der Waals surface area contributed by atoms with Crippen LogP contribution in [-0.4, -0.2) is 68.3 Å². The Balaban J connectivity index is 1.81. The number of nitrogens with zero attached hydrogens (tertiary/aromatic N) is 2. The van der Waals surface area contributed by atoms with Crippen LogP contribution in [0.1, 0.15) is 6.42 Å². The number of rotatable bonds is 5. The minimum atomic E-state index is -4.18. The summed E-state index contributed by atoms with van der Waals surface area (Å²) in [5.74, 6) is 0.456. The summed E-state index contributed by atoms with van der Waals surface area (Å²) in [6.07, 6.45) is -3.57. The van der Waals surface area contributed by atoms with Gasteiger partial charge in [0.2, 0.25) is 5.91 Å². The third-order valence-electron chi connectivity index (χ3n) is 3.80. The number of alkyl halides is 3. The molecule has 1 amide bonds. The van der Waals surface area contributed by atoms with Crippen molar-refractivity contribution in [3.8, 4) is 5.75 Å². The molecule has 0 aromatic heterocycles. The Hall–Kier alpha value is -1.80. The van der Waals surface area contributed by atoms with E-state index in [2.05, 4.69) is 5.32 Å². The van der Waals surface area contributed by atoms with Crippen LogP contribution in [0.2, 0.25) is 0 Å². The summed E-state index contributed by atoms with van der Waals surface area (Å²) >= 11 is 0. The topological polar surface area (TPSA) is 44.8 Å². The zero-order valence-corrected chi connectivity index (χ0v) is 13.6. The van der Waals surface area contributed by atoms with E-state index in [1.807, 2.05) is 4.90 Å². The van der Waals surface area contributed by atoms with Crippen LogP contribution in [-0.2, 0) is 4.79 Å². The maximum Gasteiger partial charge on any atom is 0.401 e. The molecule has 0 unspecified atom stereocenters. The van der Waals surface area contributed by atoms with Crippen molar-refractivity contribution in [2.45, 2.75) is 12.6 Å². The van der Waals surface area contributed by atoms with Crippen LogP contribution in [0.25, 0.3) is 0 Å². The van der Waals surface area contributed by atoms with Crippen molar-refractivity contribution in [2.24, 2.45) is 0 Å². The van der Waals surface area contributed by atoms with E-state index in [0.717, 1.165) is 0 Å². The van der Waals surface area contributed by atoms with Gasteiger partial charge in [-0.1, -0.05) is 6.07 Å². The number of benzene rings is 1. The summed E-state index contributed by atoms with van der Waals surface area (Å²) in [6.45, 7) is 1.04. The highest BCUT2D eigenvalue weighted by molar-refractivity contribution is 5.92. The largest absolute Gasteiger partial charge is 0.497 e. The monoisotopic (exact) mass is 345 g/mol. The Bertz CT molecular complexity index is 552. The van der Waals surface area contributed by atoms with Gasteiger partial charge in [-0.2, -0.15) is 13.2 Å². The fraction of sp³-hybridized carbons (Fsp3) is 0.562. The van der Waals surface area contributed by atoms with Crippen LogP contribution >= 0.6 is 0 Å². The van der Waals surface area contributed by atoms with Crippen LogP contribution < -0.4 is 10.1 Å². The van der Waals surface area contributed by atoms with E-state index in [4.69, 9.17) is 4.74 Å². The van der Waals surface area contributed by atoms with Crippen LogP contribution in [0.5, 0.6) is 5.75 Å². The van der Waals surface area contributed by atoms with Gasteiger partial charge in [0, 0.05) is 24.8 Å². The summed E-state index contributed by atoms with van der Waals surface area (Å²) in [5, 5.41) is 2.78. The van der Waals surface area contributed by atoms with Gasteiger partial charge in [-0.05, 0) is 31.6 Å². The van der Waals surface area contributed by atoms with E-state index in [1.165, 1.54) is 4.90 Å². The number of methoxy groups -OCH3 is 1. The van der Waals surface area contributed by atoms with Gasteiger partial charge in [-0.3, -0.25) is 14.6 Å². The highest BCUT2D eigenvalue weighted by atomic mass is 19.4. The maximum absolute atomic E-state index is 12.5. The summed E-state index contributed by atoms with van der Waals surface area (Å²) < 4.78 is 42.5. The van der Waals surface area contributed by atoms with Crippen molar-refractivity contribution >= 4 is 11.6 Å². The molecule has 0 saturated carbocycles. The number of carbonyl (C=O) groups is 1. The number of nitrogens with one attached hydrogen (secondary N) is 1. The molecular weight excluding hydrogens is 323 g/mol. The van der Waals surface area contributed by atoms with Crippen LogP contribution in [0, 0.1) is 0 Å². The van der Waals surface area contributed by atoms with Crippen molar-refractivity contribution in [2.75, 3.05) is 51.7 Å². The molecule has 1 aliphatic rings. The molecule has 1 fully saturated rings. The lowest BCUT2D eigenvalue weighted by Crippen LogP contribution is -2.39. The molecule has 1 heterocycles. The van der Waals surface area contributed by atoms with Gasteiger partial charge in [0.25, 0.3) is 0 Å². The second kappa shape index (κ2) is 8.34. The SMILES string of the molecule is COc1cccc(NC(=O)CN2CCCN(CC(F)(F)F)CC2)c1. The quantitative estimate of drug-likeness (QED) is 0.889. The third-order valence-corrected chi connectivity index (χ3v) is 3.80. The maximum atomic E-state index is 12.5. The van der Waals surface area contributed by atoms with Gasteiger partial charge < -0.3 is 10.1 Å². The average molecular weight is 345 g/mol. The normalized spacial score (nSPS) is 17.3. The Morgan fingerprint density at radius 2 is 1.92 bits per heavy atom. The molecule has 2 rings (SSSR count).